The first-order chi connectivity index (χ1) is 7.66. The van der Waals surface area contributed by atoms with Gasteiger partial charge in [-0.1, -0.05) is 19.9 Å². The molecule has 2 rings (SSSR count). The van der Waals surface area contributed by atoms with Crippen molar-refractivity contribution in [1.29, 1.82) is 0 Å². The Bertz CT molecular complexity index is 307. The summed E-state index contributed by atoms with van der Waals surface area (Å²) >= 11 is 1.86. The van der Waals surface area contributed by atoms with Crippen molar-refractivity contribution in [1.82, 2.24) is 5.32 Å². The topological polar surface area (TPSA) is 12.0 Å². The highest BCUT2D eigenvalue weighted by atomic mass is 32.1. The predicted molar refractivity (Wildman–Crippen MR) is 71.8 cm³/mol. The Labute approximate surface area is 103 Å². The van der Waals surface area contributed by atoms with E-state index >= 15 is 0 Å². The molecule has 1 nitrogen and oxygen atoms in total. The predicted octanol–water partition coefficient (Wildman–Crippen LogP) is 4.22. The van der Waals surface area contributed by atoms with Crippen molar-refractivity contribution in [2.75, 3.05) is 0 Å². The zero-order valence-electron chi connectivity index (χ0n) is 10.6. The average Bonchev–Trinajstić information content (AvgIpc) is 2.77. The molecule has 1 aliphatic carbocycles. The molecule has 0 radical (unpaired) electrons. The molecule has 1 aromatic heterocycles. The Balaban J connectivity index is 1.86. The second kappa shape index (κ2) is 5.33. The van der Waals surface area contributed by atoms with E-state index in [1.165, 1.54) is 24.1 Å². The van der Waals surface area contributed by atoms with Gasteiger partial charge in [0.25, 0.3) is 0 Å². The normalized spacial score (nSPS) is 32.6. The molecule has 0 saturated heterocycles. The summed E-state index contributed by atoms with van der Waals surface area (Å²) in [5.41, 5.74) is 0. The van der Waals surface area contributed by atoms with Gasteiger partial charge in [-0.15, -0.1) is 11.3 Å². The van der Waals surface area contributed by atoms with E-state index in [2.05, 4.69) is 43.6 Å². The van der Waals surface area contributed by atoms with E-state index in [4.69, 9.17) is 0 Å². The van der Waals surface area contributed by atoms with Crippen LogP contribution in [0, 0.1) is 11.8 Å². The van der Waals surface area contributed by atoms with Gasteiger partial charge in [-0.2, -0.15) is 0 Å². The van der Waals surface area contributed by atoms with Gasteiger partial charge in [0, 0.05) is 17.0 Å². The van der Waals surface area contributed by atoms with Gasteiger partial charge >= 0.3 is 0 Å². The van der Waals surface area contributed by atoms with Crippen LogP contribution >= 0.6 is 11.3 Å². The monoisotopic (exact) mass is 237 g/mol. The van der Waals surface area contributed by atoms with Crippen LogP contribution in [0.2, 0.25) is 0 Å². The van der Waals surface area contributed by atoms with E-state index in [-0.39, 0.29) is 0 Å². The maximum Gasteiger partial charge on any atom is 0.0388 e. The van der Waals surface area contributed by atoms with Gasteiger partial charge in [0.05, 0.1) is 0 Å². The number of hydrogen-bond acceptors (Lipinski definition) is 2. The van der Waals surface area contributed by atoms with Crippen molar-refractivity contribution in [2.24, 2.45) is 11.8 Å². The zero-order chi connectivity index (χ0) is 11.5. The summed E-state index contributed by atoms with van der Waals surface area (Å²) in [7, 11) is 0. The van der Waals surface area contributed by atoms with Crippen molar-refractivity contribution in [3.63, 3.8) is 0 Å². The Hall–Kier alpha value is -0.340. The molecule has 3 unspecified atom stereocenters. The van der Waals surface area contributed by atoms with Crippen molar-refractivity contribution < 1.29 is 0 Å². The number of rotatable bonds is 3. The zero-order valence-corrected chi connectivity index (χ0v) is 11.4. The quantitative estimate of drug-likeness (QED) is 0.830. The second-order valence-electron chi connectivity index (χ2n) is 5.37. The molecule has 90 valence electrons. The molecule has 16 heavy (non-hydrogen) atoms. The lowest BCUT2D eigenvalue weighted by molar-refractivity contribution is 0.218. The number of nitrogens with one attached hydrogen (secondary N) is 1. The van der Waals surface area contributed by atoms with Crippen molar-refractivity contribution in [3.8, 4) is 0 Å². The summed E-state index contributed by atoms with van der Waals surface area (Å²) in [5.74, 6) is 1.79. The Morgan fingerprint density at radius 1 is 1.31 bits per heavy atom. The van der Waals surface area contributed by atoms with Crippen molar-refractivity contribution in [3.05, 3.63) is 22.4 Å². The molecular weight excluding hydrogens is 214 g/mol. The minimum absolute atomic E-state index is 0.519. The third kappa shape index (κ3) is 2.86. The molecule has 0 amide bonds. The summed E-state index contributed by atoms with van der Waals surface area (Å²) in [4.78, 5) is 1.46. The van der Waals surface area contributed by atoms with Gasteiger partial charge in [0.15, 0.2) is 0 Å². The fraction of sp³-hybridized carbons (Fsp3) is 0.714. The summed E-state index contributed by atoms with van der Waals surface area (Å²) in [6.45, 7) is 7.08. The van der Waals surface area contributed by atoms with Crippen LogP contribution in [0.1, 0.15) is 51.0 Å². The van der Waals surface area contributed by atoms with Crippen LogP contribution in [0.5, 0.6) is 0 Å². The van der Waals surface area contributed by atoms with Crippen molar-refractivity contribution >= 4 is 11.3 Å². The Kier molecular flexibility index (Phi) is 4.04. The third-order valence-electron chi connectivity index (χ3n) is 4.05. The van der Waals surface area contributed by atoms with E-state index in [1.807, 2.05) is 11.3 Å². The number of hydrogen-bond donors (Lipinski definition) is 1. The van der Waals surface area contributed by atoms with Gasteiger partial charge in [-0.3, -0.25) is 0 Å². The molecule has 0 aliphatic heterocycles. The fourth-order valence-corrected chi connectivity index (χ4v) is 3.42. The van der Waals surface area contributed by atoms with Crippen LogP contribution in [0.15, 0.2) is 17.5 Å². The molecule has 0 aromatic carbocycles. The van der Waals surface area contributed by atoms with Gasteiger partial charge in [-0.25, -0.2) is 0 Å². The van der Waals surface area contributed by atoms with E-state index in [9.17, 15) is 0 Å². The molecule has 2 heteroatoms. The van der Waals surface area contributed by atoms with Crippen LogP contribution in [-0.2, 0) is 0 Å². The van der Waals surface area contributed by atoms with E-state index in [0.717, 1.165) is 17.9 Å². The lowest BCUT2D eigenvalue weighted by Crippen LogP contribution is -2.37. The summed E-state index contributed by atoms with van der Waals surface area (Å²) in [6.07, 6.45) is 4.08. The van der Waals surface area contributed by atoms with Gasteiger partial charge in [-0.05, 0) is 49.5 Å². The standard InChI is InChI=1S/C14H23NS/c1-10-6-7-13(9-11(10)2)15-12(3)14-5-4-8-16-14/h4-5,8,10-13,15H,6-7,9H2,1-3H3/t10?,11?,12-,13?/m0/s1. The minimum Gasteiger partial charge on any atom is -0.307 e. The first-order valence-electron chi connectivity index (χ1n) is 6.46. The molecule has 4 atom stereocenters. The maximum atomic E-state index is 3.78. The van der Waals surface area contributed by atoms with Crippen LogP contribution < -0.4 is 5.32 Å². The largest absolute Gasteiger partial charge is 0.307 e. The lowest BCUT2D eigenvalue weighted by atomic mass is 9.79. The second-order valence-corrected chi connectivity index (χ2v) is 6.35. The SMILES string of the molecule is CC1CCC(N[C@@H](C)c2cccs2)CC1C. The fourth-order valence-electron chi connectivity index (χ4n) is 2.67. The molecule has 0 spiro atoms. The van der Waals surface area contributed by atoms with E-state index < -0.39 is 0 Å². The molecule has 1 heterocycles. The first kappa shape index (κ1) is 12.1. The van der Waals surface area contributed by atoms with Gasteiger partial charge in [0.2, 0.25) is 0 Å². The number of thiophene rings is 1. The molecule has 1 fully saturated rings. The highest BCUT2D eigenvalue weighted by molar-refractivity contribution is 7.10. The van der Waals surface area contributed by atoms with Crippen LogP contribution in [0.4, 0.5) is 0 Å². The minimum atomic E-state index is 0.519. The molecular formula is C14H23NS. The van der Waals surface area contributed by atoms with Crippen molar-refractivity contribution in [2.45, 2.75) is 52.1 Å². The van der Waals surface area contributed by atoms with E-state index in [0.29, 0.717) is 6.04 Å². The smallest absolute Gasteiger partial charge is 0.0388 e. The Morgan fingerprint density at radius 3 is 2.75 bits per heavy atom. The van der Waals surface area contributed by atoms with Crippen LogP contribution in [-0.4, -0.2) is 6.04 Å². The van der Waals surface area contributed by atoms with E-state index in [1.54, 1.807) is 0 Å². The van der Waals surface area contributed by atoms with Crippen LogP contribution in [0.3, 0.4) is 0 Å². The third-order valence-corrected chi connectivity index (χ3v) is 5.11. The molecule has 1 aromatic rings. The maximum absolute atomic E-state index is 3.78. The van der Waals surface area contributed by atoms with Gasteiger partial charge < -0.3 is 5.32 Å². The summed E-state index contributed by atoms with van der Waals surface area (Å²) in [5, 5.41) is 5.95. The highest BCUT2D eigenvalue weighted by Crippen LogP contribution is 2.31. The van der Waals surface area contributed by atoms with Gasteiger partial charge in [0.1, 0.15) is 0 Å². The molecule has 1 saturated carbocycles. The molecule has 1 N–H and O–H groups in total. The highest BCUT2D eigenvalue weighted by Gasteiger charge is 2.25. The summed E-state index contributed by atoms with van der Waals surface area (Å²) < 4.78 is 0. The summed E-state index contributed by atoms with van der Waals surface area (Å²) in [6, 6.07) is 5.62. The average molecular weight is 237 g/mol. The van der Waals surface area contributed by atoms with Crippen LogP contribution in [0.25, 0.3) is 0 Å². The Morgan fingerprint density at radius 2 is 2.12 bits per heavy atom. The lowest BCUT2D eigenvalue weighted by Gasteiger charge is -2.34. The molecule has 0 bridgehead atoms. The molecule has 1 aliphatic rings. The first-order valence-corrected chi connectivity index (χ1v) is 7.34.